The zero-order chi connectivity index (χ0) is 22.2. The molecule has 4 rings (SSSR count). The molecule has 7 nitrogen and oxygen atoms in total. The predicted molar refractivity (Wildman–Crippen MR) is 105 cm³/mol. The summed E-state index contributed by atoms with van der Waals surface area (Å²) in [4.78, 5) is 20.2. The highest BCUT2D eigenvalue weighted by Gasteiger charge is 2.33. The quantitative estimate of drug-likeness (QED) is 0.660. The van der Waals surface area contributed by atoms with Crippen molar-refractivity contribution in [2.45, 2.75) is 45.1 Å². The second kappa shape index (κ2) is 8.01. The molecule has 31 heavy (non-hydrogen) atoms. The Balaban J connectivity index is 1.52. The first-order valence-electron chi connectivity index (χ1n) is 9.75. The molecule has 0 aromatic carbocycles. The predicted octanol–water partition coefficient (Wildman–Crippen LogP) is 4.02. The molecular weight excluding hydrogens is 411 g/mol. The molecule has 0 unspecified atom stereocenters. The van der Waals surface area contributed by atoms with Gasteiger partial charge in [0.05, 0.1) is 23.5 Å². The Morgan fingerprint density at radius 2 is 1.97 bits per heavy atom. The number of carbonyl (C=O) groups excluding carboxylic acids is 1. The van der Waals surface area contributed by atoms with Gasteiger partial charge in [-0.2, -0.15) is 18.3 Å². The fourth-order valence-corrected chi connectivity index (χ4v) is 3.42. The zero-order valence-corrected chi connectivity index (χ0v) is 16.8. The maximum absolute atomic E-state index is 13.0. The van der Waals surface area contributed by atoms with E-state index in [1.165, 1.54) is 12.3 Å². The SMILES string of the molecule is CC(C)Oc1cc(C(=O)N[C@H]2CCn3nc(-c4ccnc(C(F)(F)F)c4)cc32)ccn1. The molecule has 162 valence electrons. The molecule has 0 aliphatic carbocycles. The molecule has 1 amide bonds. The van der Waals surface area contributed by atoms with Crippen molar-refractivity contribution < 1.29 is 22.7 Å². The lowest BCUT2D eigenvalue weighted by Gasteiger charge is -2.13. The molecule has 0 spiro atoms. The van der Waals surface area contributed by atoms with Crippen LogP contribution in [0.4, 0.5) is 13.2 Å². The average molecular weight is 431 g/mol. The second-order valence-corrected chi connectivity index (χ2v) is 7.47. The maximum Gasteiger partial charge on any atom is 0.433 e. The van der Waals surface area contributed by atoms with Crippen LogP contribution in [-0.4, -0.2) is 31.8 Å². The van der Waals surface area contributed by atoms with Gasteiger partial charge in [0, 0.05) is 36.1 Å². The van der Waals surface area contributed by atoms with Gasteiger partial charge < -0.3 is 10.1 Å². The van der Waals surface area contributed by atoms with Gasteiger partial charge in [0.25, 0.3) is 5.91 Å². The fourth-order valence-electron chi connectivity index (χ4n) is 3.42. The van der Waals surface area contributed by atoms with Gasteiger partial charge in [-0.15, -0.1) is 0 Å². The van der Waals surface area contributed by atoms with Crippen LogP contribution < -0.4 is 10.1 Å². The molecule has 1 atom stereocenters. The molecule has 4 heterocycles. The first-order valence-corrected chi connectivity index (χ1v) is 9.75. The molecule has 0 fully saturated rings. The van der Waals surface area contributed by atoms with Gasteiger partial charge in [-0.3, -0.25) is 14.5 Å². The molecule has 1 aliphatic heterocycles. The Kier molecular flexibility index (Phi) is 5.38. The number of hydrogen-bond acceptors (Lipinski definition) is 5. The summed E-state index contributed by atoms with van der Waals surface area (Å²) in [6.45, 7) is 4.29. The van der Waals surface area contributed by atoms with E-state index in [0.29, 0.717) is 35.7 Å². The van der Waals surface area contributed by atoms with Crippen molar-refractivity contribution in [2.24, 2.45) is 0 Å². The second-order valence-electron chi connectivity index (χ2n) is 7.47. The molecule has 0 radical (unpaired) electrons. The monoisotopic (exact) mass is 431 g/mol. The van der Waals surface area contributed by atoms with Crippen molar-refractivity contribution in [3.8, 4) is 17.1 Å². The summed E-state index contributed by atoms with van der Waals surface area (Å²) in [6, 6.07) is 7.01. The minimum atomic E-state index is -4.53. The van der Waals surface area contributed by atoms with Crippen LogP contribution in [0.25, 0.3) is 11.3 Å². The lowest BCUT2D eigenvalue weighted by Crippen LogP contribution is -2.27. The van der Waals surface area contributed by atoms with Crippen molar-refractivity contribution in [3.05, 3.63) is 59.7 Å². The smallest absolute Gasteiger partial charge is 0.433 e. The molecule has 0 saturated heterocycles. The van der Waals surface area contributed by atoms with E-state index >= 15 is 0 Å². The number of hydrogen-bond donors (Lipinski definition) is 1. The zero-order valence-electron chi connectivity index (χ0n) is 16.8. The van der Waals surface area contributed by atoms with Crippen LogP contribution in [0.2, 0.25) is 0 Å². The van der Waals surface area contributed by atoms with E-state index < -0.39 is 11.9 Å². The standard InChI is InChI=1S/C21H20F3N5O2/c1-12(2)31-19-10-14(4-7-26-19)20(30)27-15-5-8-29-17(15)11-16(28-29)13-3-6-25-18(9-13)21(22,23)24/h3-4,6-7,9-12,15H,5,8H2,1-2H3,(H,27,30)/t15-/m0/s1. The largest absolute Gasteiger partial charge is 0.475 e. The maximum atomic E-state index is 13.0. The topological polar surface area (TPSA) is 81.9 Å². The molecule has 3 aromatic rings. The third-order valence-corrected chi connectivity index (χ3v) is 4.80. The van der Waals surface area contributed by atoms with E-state index in [-0.39, 0.29) is 18.1 Å². The van der Waals surface area contributed by atoms with Crippen LogP contribution in [0.3, 0.4) is 0 Å². The Bertz CT molecular complexity index is 1110. The van der Waals surface area contributed by atoms with Crippen LogP contribution in [-0.2, 0) is 12.7 Å². The number of halogens is 3. The number of pyridine rings is 2. The third-order valence-electron chi connectivity index (χ3n) is 4.80. The number of ether oxygens (including phenoxy) is 1. The summed E-state index contributed by atoms with van der Waals surface area (Å²) in [5, 5.41) is 7.36. The van der Waals surface area contributed by atoms with Crippen molar-refractivity contribution in [1.82, 2.24) is 25.1 Å². The van der Waals surface area contributed by atoms with Crippen LogP contribution in [0.5, 0.6) is 5.88 Å². The molecule has 1 aliphatic rings. The number of nitrogens with one attached hydrogen (secondary N) is 1. The van der Waals surface area contributed by atoms with Crippen molar-refractivity contribution in [2.75, 3.05) is 0 Å². The number of fused-ring (bicyclic) bond motifs is 1. The molecule has 0 bridgehead atoms. The van der Waals surface area contributed by atoms with Gasteiger partial charge in [0.2, 0.25) is 5.88 Å². The average Bonchev–Trinajstić information content (AvgIpc) is 3.29. The Hall–Kier alpha value is -3.43. The summed E-state index contributed by atoms with van der Waals surface area (Å²) >= 11 is 0. The van der Waals surface area contributed by atoms with E-state index in [9.17, 15) is 18.0 Å². The van der Waals surface area contributed by atoms with E-state index in [2.05, 4.69) is 20.4 Å². The van der Waals surface area contributed by atoms with Crippen molar-refractivity contribution in [3.63, 3.8) is 0 Å². The number of alkyl halides is 3. The van der Waals surface area contributed by atoms with Crippen molar-refractivity contribution >= 4 is 5.91 Å². The first kappa shape index (κ1) is 20.8. The number of rotatable bonds is 5. The number of amides is 1. The molecule has 3 aromatic heterocycles. The van der Waals surface area contributed by atoms with Crippen molar-refractivity contribution in [1.29, 1.82) is 0 Å². The van der Waals surface area contributed by atoms with Crippen LogP contribution >= 0.6 is 0 Å². The van der Waals surface area contributed by atoms with Crippen LogP contribution in [0.15, 0.2) is 42.7 Å². The highest BCUT2D eigenvalue weighted by atomic mass is 19.4. The van der Waals surface area contributed by atoms with E-state index in [0.717, 1.165) is 18.0 Å². The lowest BCUT2D eigenvalue weighted by molar-refractivity contribution is -0.141. The van der Waals surface area contributed by atoms with Gasteiger partial charge in [0.1, 0.15) is 5.69 Å². The molecule has 1 N–H and O–H groups in total. The number of carbonyl (C=O) groups is 1. The number of aromatic nitrogens is 4. The minimum Gasteiger partial charge on any atom is -0.475 e. The minimum absolute atomic E-state index is 0.0699. The first-order chi connectivity index (χ1) is 14.7. The van der Waals surface area contributed by atoms with Gasteiger partial charge in [-0.05, 0) is 44.5 Å². The van der Waals surface area contributed by atoms with E-state index in [1.54, 1.807) is 22.9 Å². The van der Waals surface area contributed by atoms with E-state index in [4.69, 9.17) is 4.74 Å². The number of aryl methyl sites for hydroxylation is 1. The Morgan fingerprint density at radius 3 is 2.71 bits per heavy atom. The number of nitrogens with zero attached hydrogens (tertiary/aromatic N) is 4. The van der Waals surface area contributed by atoms with Gasteiger partial charge in [-0.1, -0.05) is 0 Å². The van der Waals surface area contributed by atoms with Gasteiger partial charge in [0.15, 0.2) is 0 Å². The highest BCUT2D eigenvalue weighted by molar-refractivity contribution is 5.94. The summed E-state index contributed by atoms with van der Waals surface area (Å²) in [6.07, 6.45) is -1.34. The fraction of sp³-hybridized carbons (Fsp3) is 0.333. The lowest BCUT2D eigenvalue weighted by atomic mass is 10.1. The molecule has 0 saturated carbocycles. The Labute approximate surface area is 176 Å². The molecule has 10 heteroatoms. The normalized spacial score (nSPS) is 15.7. The third kappa shape index (κ3) is 4.52. The summed E-state index contributed by atoms with van der Waals surface area (Å²) in [7, 11) is 0. The molecular formula is C21H20F3N5O2. The van der Waals surface area contributed by atoms with Gasteiger partial charge >= 0.3 is 6.18 Å². The summed E-state index contributed by atoms with van der Waals surface area (Å²) in [5.41, 5.74) is 0.895. The van der Waals surface area contributed by atoms with Crippen LogP contribution in [0, 0.1) is 0 Å². The van der Waals surface area contributed by atoms with Crippen LogP contribution in [0.1, 0.15) is 48.1 Å². The highest BCUT2D eigenvalue weighted by Crippen LogP contribution is 2.33. The Morgan fingerprint density at radius 1 is 1.19 bits per heavy atom. The van der Waals surface area contributed by atoms with E-state index in [1.807, 2.05) is 13.8 Å². The van der Waals surface area contributed by atoms with Gasteiger partial charge in [-0.25, -0.2) is 4.98 Å². The summed E-state index contributed by atoms with van der Waals surface area (Å²) < 4.78 is 46.1. The summed E-state index contributed by atoms with van der Waals surface area (Å²) in [5.74, 6) is 0.0695.